The van der Waals surface area contributed by atoms with Crippen molar-refractivity contribution in [2.45, 2.75) is 19.4 Å². The highest BCUT2D eigenvalue weighted by Gasteiger charge is 2.24. The zero-order chi connectivity index (χ0) is 14.5. The number of hydrogen-bond donors (Lipinski definition) is 1. The summed E-state index contributed by atoms with van der Waals surface area (Å²) in [6.07, 6.45) is 1.54. The second kappa shape index (κ2) is 6.80. The Morgan fingerprint density at radius 3 is 2.70 bits per heavy atom. The van der Waals surface area contributed by atoms with Gasteiger partial charge in [-0.2, -0.15) is 0 Å². The fourth-order valence-electron chi connectivity index (χ4n) is 2.49. The quantitative estimate of drug-likeness (QED) is 0.681. The third-order valence-corrected chi connectivity index (χ3v) is 3.76. The van der Waals surface area contributed by atoms with Gasteiger partial charge in [-0.05, 0) is 43.3 Å². The number of carbonyl (C=O) groups is 1. The molecule has 0 aliphatic carbocycles. The number of ketones is 1. The average Bonchev–Trinajstić information content (AvgIpc) is 2.47. The molecule has 0 saturated carbocycles. The maximum absolute atomic E-state index is 12.5. The summed E-state index contributed by atoms with van der Waals surface area (Å²) in [5.41, 5.74) is 2.90. The van der Waals surface area contributed by atoms with Gasteiger partial charge in [0.25, 0.3) is 0 Å². The van der Waals surface area contributed by atoms with E-state index < -0.39 is 0 Å². The zero-order valence-corrected chi connectivity index (χ0v) is 12.8. The molecule has 4 heteroatoms. The fraction of sp³-hybridized carbons (Fsp3) is 0.438. The lowest BCUT2D eigenvalue weighted by Crippen LogP contribution is -2.30. The molecule has 1 aliphatic heterocycles. The summed E-state index contributed by atoms with van der Waals surface area (Å²) in [6, 6.07) is 7.93. The van der Waals surface area contributed by atoms with Crippen molar-refractivity contribution in [1.29, 1.82) is 0 Å². The molecule has 1 N–H and O–H groups in total. The first kappa shape index (κ1) is 14.9. The highest BCUT2D eigenvalue weighted by molar-refractivity contribution is 7.78. The van der Waals surface area contributed by atoms with Gasteiger partial charge in [0.05, 0.1) is 5.70 Å². The average molecular weight is 288 g/mol. The summed E-state index contributed by atoms with van der Waals surface area (Å²) in [5, 5.41) is 5.88. The summed E-state index contributed by atoms with van der Waals surface area (Å²) in [6.45, 7) is 1.69. The summed E-state index contributed by atoms with van der Waals surface area (Å²) >= 11 is 4.82. The Balaban J connectivity index is 2.07. The Labute approximate surface area is 125 Å². The van der Waals surface area contributed by atoms with E-state index in [2.05, 4.69) is 15.2 Å². The topological polar surface area (TPSA) is 32.3 Å². The maximum atomic E-state index is 12.5. The van der Waals surface area contributed by atoms with Crippen LogP contribution in [0.3, 0.4) is 0 Å². The van der Waals surface area contributed by atoms with Crippen LogP contribution in [0.4, 0.5) is 0 Å². The molecular formula is C16H20N2OS. The van der Waals surface area contributed by atoms with Crippen LogP contribution in [0.15, 0.2) is 30.0 Å². The van der Waals surface area contributed by atoms with E-state index in [0.717, 1.165) is 30.8 Å². The number of thiocarbonyl (C=S) groups is 1. The molecule has 0 aromatic heterocycles. The molecule has 1 fully saturated rings. The lowest BCUT2D eigenvalue weighted by molar-refractivity contribution is 0.0904. The summed E-state index contributed by atoms with van der Waals surface area (Å²) in [4.78, 5) is 14.6. The van der Waals surface area contributed by atoms with E-state index in [1.54, 1.807) is 0 Å². The molecule has 1 heterocycles. The Morgan fingerprint density at radius 1 is 1.40 bits per heavy atom. The molecular weight excluding hydrogens is 268 g/mol. The molecule has 0 radical (unpaired) electrons. The fourth-order valence-corrected chi connectivity index (χ4v) is 2.65. The molecule has 0 bridgehead atoms. The molecule has 1 aromatic carbocycles. The number of nitrogens with one attached hydrogen (secondary N) is 1. The van der Waals surface area contributed by atoms with Crippen LogP contribution in [-0.2, 0) is 6.54 Å². The van der Waals surface area contributed by atoms with Gasteiger partial charge in [0.2, 0.25) is 0 Å². The Hall–Kier alpha value is -1.48. The first-order chi connectivity index (χ1) is 9.60. The smallest absolute Gasteiger partial charge is 0.166 e. The van der Waals surface area contributed by atoms with Gasteiger partial charge in [0.1, 0.15) is 0 Å². The molecule has 106 valence electrons. The third-order valence-electron chi connectivity index (χ3n) is 3.51. The maximum Gasteiger partial charge on any atom is 0.166 e. The molecule has 1 atom stereocenters. The highest BCUT2D eigenvalue weighted by atomic mass is 32.1. The van der Waals surface area contributed by atoms with E-state index in [1.807, 2.05) is 38.4 Å². The summed E-state index contributed by atoms with van der Waals surface area (Å²) in [7, 11) is 4.07. The van der Waals surface area contributed by atoms with Gasteiger partial charge in [0, 0.05) is 31.0 Å². The largest absolute Gasteiger partial charge is 0.381 e. The molecule has 1 unspecified atom stereocenters. The molecule has 1 aliphatic rings. The van der Waals surface area contributed by atoms with Gasteiger partial charge in [0.15, 0.2) is 5.78 Å². The van der Waals surface area contributed by atoms with Crippen LogP contribution >= 0.6 is 12.2 Å². The second-order valence-corrected chi connectivity index (χ2v) is 5.70. The van der Waals surface area contributed by atoms with Crippen molar-refractivity contribution in [3.05, 3.63) is 41.1 Å². The summed E-state index contributed by atoms with van der Waals surface area (Å²) < 4.78 is 0. The van der Waals surface area contributed by atoms with Crippen molar-refractivity contribution < 1.29 is 4.79 Å². The molecule has 0 amide bonds. The van der Waals surface area contributed by atoms with Crippen LogP contribution in [0.2, 0.25) is 0 Å². The number of benzene rings is 1. The predicted octanol–water partition coefficient (Wildman–Crippen LogP) is 2.41. The number of Topliss-reactive ketones (excluding diaryl/α,β-unsaturated/α-hetero) is 1. The molecule has 3 nitrogen and oxygen atoms in total. The molecule has 20 heavy (non-hydrogen) atoms. The van der Waals surface area contributed by atoms with Crippen molar-refractivity contribution >= 4 is 23.0 Å². The Bertz CT molecular complexity index is 530. The lowest BCUT2D eigenvalue weighted by Gasteiger charge is -2.23. The Morgan fingerprint density at radius 2 is 2.10 bits per heavy atom. The van der Waals surface area contributed by atoms with E-state index in [9.17, 15) is 4.79 Å². The van der Waals surface area contributed by atoms with Crippen LogP contribution in [0, 0.1) is 5.92 Å². The number of nitrogens with zero attached hydrogens (tertiary/aromatic N) is 1. The van der Waals surface area contributed by atoms with Crippen LogP contribution in [0.25, 0.3) is 0 Å². The SMILES string of the molecule is CN(C)Cc1ccc(C(=O)C2CCNC(=C=S)C2)cc1. The van der Waals surface area contributed by atoms with Crippen LogP contribution in [0.5, 0.6) is 0 Å². The number of allylic oxidation sites excluding steroid dienone is 1. The normalized spacial score (nSPS) is 18.6. The van der Waals surface area contributed by atoms with E-state index in [-0.39, 0.29) is 11.7 Å². The van der Waals surface area contributed by atoms with Crippen LogP contribution in [0.1, 0.15) is 28.8 Å². The number of piperidine rings is 1. The molecule has 2 rings (SSSR count). The first-order valence-electron chi connectivity index (χ1n) is 6.86. The van der Waals surface area contributed by atoms with Crippen LogP contribution in [-0.4, -0.2) is 36.3 Å². The Kier molecular flexibility index (Phi) is 5.07. The zero-order valence-electron chi connectivity index (χ0n) is 12.0. The number of rotatable bonds is 4. The minimum absolute atomic E-state index is 0.0291. The van der Waals surface area contributed by atoms with Crippen molar-refractivity contribution in [2.75, 3.05) is 20.6 Å². The lowest BCUT2D eigenvalue weighted by atomic mass is 9.88. The monoisotopic (exact) mass is 288 g/mol. The molecule has 1 aromatic rings. The van der Waals surface area contributed by atoms with Gasteiger partial charge >= 0.3 is 0 Å². The second-order valence-electron chi connectivity index (χ2n) is 5.50. The van der Waals surface area contributed by atoms with E-state index in [1.165, 1.54) is 5.56 Å². The predicted molar refractivity (Wildman–Crippen MR) is 85.0 cm³/mol. The van der Waals surface area contributed by atoms with Crippen LogP contribution < -0.4 is 5.32 Å². The van der Waals surface area contributed by atoms with Gasteiger partial charge in [-0.25, -0.2) is 0 Å². The van der Waals surface area contributed by atoms with Gasteiger partial charge in [-0.3, -0.25) is 4.79 Å². The van der Waals surface area contributed by atoms with E-state index in [4.69, 9.17) is 12.2 Å². The van der Waals surface area contributed by atoms with E-state index in [0.29, 0.717) is 6.42 Å². The number of hydrogen-bond acceptors (Lipinski definition) is 4. The van der Waals surface area contributed by atoms with Gasteiger partial charge in [-0.15, -0.1) is 0 Å². The van der Waals surface area contributed by atoms with Crippen molar-refractivity contribution in [2.24, 2.45) is 5.92 Å². The van der Waals surface area contributed by atoms with Gasteiger partial charge in [-0.1, -0.05) is 24.3 Å². The minimum Gasteiger partial charge on any atom is -0.381 e. The minimum atomic E-state index is 0.0291. The van der Waals surface area contributed by atoms with Gasteiger partial charge < -0.3 is 10.2 Å². The summed E-state index contributed by atoms with van der Waals surface area (Å²) in [5.74, 6) is 0.243. The standard InChI is InChI=1S/C16H20N2OS/c1-18(2)10-12-3-5-13(6-4-12)16(19)14-7-8-17-15(9-14)11-20/h3-6,14,17H,7-10H2,1-2H3. The molecule has 1 saturated heterocycles. The first-order valence-corrected chi connectivity index (χ1v) is 7.26. The highest BCUT2D eigenvalue weighted by Crippen LogP contribution is 2.22. The third kappa shape index (κ3) is 3.76. The number of carbonyl (C=O) groups excluding carboxylic acids is 1. The van der Waals surface area contributed by atoms with Crippen molar-refractivity contribution in [1.82, 2.24) is 10.2 Å². The van der Waals surface area contributed by atoms with Crippen molar-refractivity contribution in [3.63, 3.8) is 0 Å². The van der Waals surface area contributed by atoms with E-state index >= 15 is 0 Å². The van der Waals surface area contributed by atoms with Crippen molar-refractivity contribution in [3.8, 4) is 0 Å². The molecule has 0 spiro atoms.